The largest absolute Gasteiger partial charge is 0.408 e. The Labute approximate surface area is 183 Å². The first-order chi connectivity index (χ1) is 15.5. The molecule has 0 aromatic heterocycles. The van der Waals surface area contributed by atoms with Crippen LogP contribution in [0.2, 0.25) is 0 Å². The van der Waals surface area contributed by atoms with Gasteiger partial charge in [-0.05, 0) is 35.4 Å². The molecule has 2 aliphatic rings. The maximum absolute atomic E-state index is 12.3. The third-order valence-electron chi connectivity index (χ3n) is 4.69. The molecular weight excluding hydrogens is 412 g/mol. The van der Waals surface area contributed by atoms with Crippen LogP contribution < -0.4 is 10.6 Å². The summed E-state index contributed by atoms with van der Waals surface area (Å²) < 4.78 is 10.2. The molecular formula is C24H20N2O6. The number of hydrogen-bond donors (Lipinski definition) is 4. The van der Waals surface area contributed by atoms with Gasteiger partial charge in [-0.3, -0.25) is 0 Å². The molecule has 0 fully saturated rings. The fourth-order valence-corrected chi connectivity index (χ4v) is 3.05. The van der Waals surface area contributed by atoms with Gasteiger partial charge in [-0.25, -0.2) is 9.59 Å². The molecule has 32 heavy (non-hydrogen) atoms. The second-order valence-electron chi connectivity index (χ2n) is 6.94. The van der Waals surface area contributed by atoms with E-state index in [1.165, 1.54) is 12.2 Å². The summed E-state index contributed by atoms with van der Waals surface area (Å²) in [5.74, 6) is -2.36. The molecule has 4 rings (SSSR count). The molecule has 4 N–H and O–H groups in total. The van der Waals surface area contributed by atoms with Gasteiger partial charge in [0.1, 0.15) is 0 Å². The monoisotopic (exact) mass is 432 g/mol. The first-order valence-corrected chi connectivity index (χ1v) is 9.79. The second kappa shape index (κ2) is 9.34. The maximum atomic E-state index is 12.3. The zero-order valence-corrected chi connectivity index (χ0v) is 16.8. The van der Waals surface area contributed by atoms with Crippen LogP contribution in [0, 0.1) is 0 Å². The Hall–Kier alpha value is -4.14. The zero-order chi connectivity index (χ0) is 22.5. The molecule has 2 aromatic rings. The van der Waals surface area contributed by atoms with Crippen LogP contribution >= 0.6 is 0 Å². The highest BCUT2D eigenvalue weighted by atomic mass is 16.6. The number of esters is 2. The van der Waals surface area contributed by atoms with Crippen LogP contribution in [0.1, 0.15) is 11.1 Å². The summed E-state index contributed by atoms with van der Waals surface area (Å²) >= 11 is 0. The standard InChI is InChI=1S/C24H20N2O6/c27-21(23(29)31-19-13-5-9-15-7-1-3-11-17(15)25-19)22(28)24(30)32-20-14-6-10-16-8-2-4-12-18(16)26-20/h1-14,21-22,25-28H. The van der Waals surface area contributed by atoms with Crippen LogP contribution in [0.4, 0.5) is 11.4 Å². The van der Waals surface area contributed by atoms with Gasteiger partial charge in [0.05, 0.1) is 0 Å². The Morgan fingerprint density at radius 2 is 1.09 bits per heavy atom. The lowest BCUT2D eigenvalue weighted by Crippen LogP contribution is -2.42. The Balaban J connectivity index is 1.36. The quantitative estimate of drug-likeness (QED) is 0.533. The minimum absolute atomic E-state index is 0.0331. The van der Waals surface area contributed by atoms with E-state index in [2.05, 4.69) is 10.6 Å². The van der Waals surface area contributed by atoms with E-state index in [1.54, 1.807) is 24.3 Å². The van der Waals surface area contributed by atoms with Crippen molar-refractivity contribution in [3.63, 3.8) is 0 Å². The number of para-hydroxylation sites is 2. The van der Waals surface area contributed by atoms with Gasteiger partial charge in [-0.15, -0.1) is 0 Å². The fraction of sp³-hybridized carbons (Fsp3) is 0.0833. The van der Waals surface area contributed by atoms with Crippen molar-refractivity contribution in [1.29, 1.82) is 0 Å². The van der Waals surface area contributed by atoms with E-state index in [0.717, 1.165) is 11.1 Å². The molecule has 2 aliphatic heterocycles. The van der Waals surface area contributed by atoms with Gasteiger partial charge < -0.3 is 30.3 Å². The van der Waals surface area contributed by atoms with Crippen molar-refractivity contribution in [2.24, 2.45) is 0 Å². The van der Waals surface area contributed by atoms with Gasteiger partial charge in [0.25, 0.3) is 0 Å². The van der Waals surface area contributed by atoms with Crippen molar-refractivity contribution in [3.8, 4) is 0 Å². The number of allylic oxidation sites excluding steroid dienone is 4. The van der Waals surface area contributed by atoms with Crippen LogP contribution in [0.15, 0.2) is 84.6 Å². The lowest BCUT2D eigenvalue weighted by Gasteiger charge is -2.18. The van der Waals surface area contributed by atoms with Crippen molar-refractivity contribution >= 4 is 35.5 Å². The summed E-state index contributed by atoms with van der Waals surface area (Å²) in [4.78, 5) is 24.6. The van der Waals surface area contributed by atoms with Gasteiger partial charge in [-0.1, -0.05) is 60.7 Å². The molecule has 0 bridgehead atoms. The average Bonchev–Trinajstić information content (AvgIpc) is 3.13. The highest BCUT2D eigenvalue weighted by molar-refractivity contribution is 5.87. The topological polar surface area (TPSA) is 117 Å². The average molecular weight is 432 g/mol. The van der Waals surface area contributed by atoms with E-state index in [0.29, 0.717) is 11.4 Å². The van der Waals surface area contributed by atoms with Crippen LogP contribution in [-0.4, -0.2) is 34.4 Å². The fourth-order valence-electron chi connectivity index (χ4n) is 3.05. The van der Waals surface area contributed by atoms with Gasteiger partial charge in [0.15, 0.2) is 12.2 Å². The summed E-state index contributed by atoms with van der Waals surface area (Å²) in [6, 6.07) is 14.7. The summed E-state index contributed by atoms with van der Waals surface area (Å²) in [6.45, 7) is 0. The molecule has 8 nitrogen and oxygen atoms in total. The maximum Gasteiger partial charge on any atom is 0.345 e. The van der Waals surface area contributed by atoms with Crippen LogP contribution in [0.3, 0.4) is 0 Å². The van der Waals surface area contributed by atoms with Crippen LogP contribution in [0.25, 0.3) is 12.2 Å². The molecule has 2 heterocycles. The number of ether oxygens (including phenoxy) is 2. The highest BCUT2D eigenvalue weighted by Crippen LogP contribution is 2.23. The first kappa shape index (κ1) is 21.1. The third-order valence-corrected chi connectivity index (χ3v) is 4.69. The van der Waals surface area contributed by atoms with Gasteiger partial charge in [-0.2, -0.15) is 0 Å². The molecule has 0 saturated heterocycles. The number of aliphatic hydroxyl groups excluding tert-OH is 2. The van der Waals surface area contributed by atoms with Crippen LogP contribution in [0.5, 0.6) is 0 Å². The number of hydrogen-bond acceptors (Lipinski definition) is 8. The molecule has 0 aliphatic carbocycles. The molecule has 2 aromatic carbocycles. The number of nitrogens with one attached hydrogen (secondary N) is 2. The third kappa shape index (κ3) is 4.77. The molecule has 2 atom stereocenters. The second-order valence-corrected chi connectivity index (χ2v) is 6.94. The molecule has 0 radical (unpaired) electrons. The molecule has 162 valence electrons. The minimum Gasteiger partial charge on any atom is -0.408 e. The van der Waals surface area contributed by atoms with E-state index in [-0.39, 0.29) is 11.8 Å². The SMILES string of the molecule is O=C(OC1=CC=Cc2ccccc2N1)C(O)C(O)C(=O)OC1=CC=Cc2ccccc2N1. The number of anilines is 2. The predicted molar refractivity (Wildman–Crippen MR) is 119 cm³/mol. The Morgan fingerprint density at radius 3 is 1.53 bits per heavy atom. The van der Waals surface area contributed by atoms with E-state index in [1.807, 2.05) is 48.6 Å². The molecule has 2 unspecified atom stereocenters. The van der Waals surface area contributed by atoms with Crippen molar-refractivity contribution in [3.05, 3.63) is 95.7 Å². The van der Waals surface area contributed by atoms with E-state index < -0.39 is 24.1 Å². The zero-order valence-electron chi connectivity index (χ0n) is 16.8. The first-order valence-electron chi connectivity index (χ1n) is 9.79. The lowest BCUT2D eigenvalue weighted by molar-refractivity contribution is -0.168. The van der Waals surface area contributed by atoms with Crippen molar-refractivity contribution in [2.45, 2.75) is 12.2 Å². The Bertz CT molecular complexity index is 1070. The van der Waals surface area contributed by atoms with Crippen molar-refractivity contribution in [2.75, 3.05) is 10.6 Å². The number of carbonyl (C=O) groups is 2. The number of rotatable bonds is 5. The number of benzene rings is 2. The van der Waals surface area contributed by atoms with Crippen LogP contribution in [-0.2, 0) is 19.1 Å². The smallest absolute Gasteiger partial charge is 0.345 e. The van der Waals surface area contributed by atoms with Crippen molar-refractivity contribution in [1.82, 2.24) is 0 Å². The highest BCUT2D eigenvalue weighted by Gasteiger charge is 2.34. The Kier molecular flexibility index (Phi) is 6.16. The Morgan fingerprint density at radius 1 is 0.688 bits per heavy atom. The molecule has 8 heteroatoms. The number of fused-ring (bicyclic) bond motifs is 2. The molecule has 0 spiro atoms. The lowest BCUT2D eigenvalue weighted by atomic mass is 10.2. The van der Waals surface area contributed by atoms with E-state index >= 15 is 0 Å². The summed E-state index contributed by atoms with van der Waals surface area (Å²) in [7, 11) is 0. The van der Waals surface area contributed by atoms with Crippen molar-refractivity contribution < 1.29 is 29.3 Å². The van der Waals surface area contributed by atoms with Gasteiger partial charge in [0, 0.05) is 11.4 Å². The van der Waals surface area contributed by atoms with Gasteiger partial charge in [0.2, 0.25) is 11.8 Å². The summed E-state index contributed by atoms with van der Waals surface area (Å²) in [5.41, 5.74) is 3.13. The predicted octanol–water partition coefficient (Wildman–Crippen LogP) is 2.76. The van der Waals surface area contributed by atoms with Gasteiger partial charge >= 0.3 is 11.9 Å². The normalized spacial score (nSPS) is 15.8. The van der Waals surface area contributed by atoms with E-state index in [4.69, 9.17) is 9.47 Å². The number of carbonyl (C=O) groups excluding carboxylic acids is 2. The summed E-state index contributed by atoms with van der Waals surface area (Å²) in [5, 5.41) is 26.1. The van der Waals surface area contributed by atoms with E-state index in [9.17, 15) is 19.8 Å². The number of aliphatic hydroxyl groups is 2. The summed E-state index contributed by atoms with van der Waals surface area (Å²) in [6.07, 6.45) is 5.61. The molecule has 0 amide bonds. The minimum atomic E-state index is -2.15. The molecule has 0 saturated carbocycles.